The number of aromatic carboxylic acids is 1. The maximum Gasteiger partial charge on any atom is 0.371 e. The van der Waals surface area contributed by atoms with Crippen molar-refractivity contribution in [2.24, 2.45) is 0 Å². The third kappa shape index (κ3) is 3.56. The first kappa shape index (κ1) is 15.4. The molecule has 0 aliphatic rings. The van der Waals surface area contributed by atoms with Gasteiger partial charge in [0.15, 0.2) is 5.43 Å². The molecule has 0 aliphatic heterocycles. The largest absolute Gasteiger partial charge is 0.490 e. The van der Waals surface area contributed by atoms with Crippen LogP contribution in [0.4, 0.5) is 0 Å². The number of carboxylic acids is 1. The highest BCUT2D eigenvalue weighted by Crippen LogP contribution is 2.23. The van der Waals surface area contributed by atoms with E-state index in [2.05, 4.69) is 0 Å². The van der Waals surface area contributed by atoms with Gasteiger partial charge in [-0.1, -0.05) is 6.07 Å². The van der Waals surface area contributed by atoms with Crippen LogP contribution in [0.1, 0.15) is 10.6 Å². The number of fused-ring (bicyclic) bond motifs is 1. The molecule has 0 fully saturated rings. The molecule has 1 heterocycles. The minimum atomic E-state index is -1.31. The number of carbonyl (C=O) groups is 1. The Hall–Kier alpha value is -1.99. The molecular formula is C14H14O6S. The predicted octanol–water partition coefficient (Wildman–Crippen LogP) is 1.59. The fourth-order valence-corrected chi connectivity index (χ4v) is 2.31. The van der Waals surface area contributed by atoms with E-state index >= 15 is 0 Å². The molecular weight excluding hydrogens is 296 g/mol. The Morgan fingerprint density at radius 1 is 1.48 bits per heavy atom. The molecule has 2 N–H and O–H groups in total. The topological polar surface area (TPSA) is 97.0 Å². The van der Waals surface area contributed by atoms with E-state index in [0.29, 0.717) is 5.75 Å². The summed E-state index contributed by atoms with van der Waals surface area (Å²) < 4.78 is 10.6. The van der Waals surface area contributed by atoms with E-state index in [1.165, 1.54) is 17.8 Å². The Morgan fingerprint density at radius 3 is 2.90 bits per heavy atom. The lowest BCUT2D eigenvalue weighted by Gasteiger charge is -2.12. The quantitative estimate of drug-likeness (QED) is 0.836. The summed E-state index contributed by atoms with van der Waals surface area (Å²) in [4.78, 5) is 22.9. The third-order valence-corrected chi connectivity index (χ3v) is 3.44. The van der Waals surface area contributed by atoms with Gasteiger partial charge in [0.1, 0.15) is 23.3 Å². The standard InChI is InChI=1S/C14H14O6S/c1-21-7-8(15)6-19-10-3-2-4-11-13(10)9(16)5-12(20-11)14(17)18/h2-5,8,15H,6-7H2,1H3,(H,17,18). The summed E-state index contributed by atoms with van der Waals surface area (Å²) in [6, 6.07) is 5.57. The van der Waals surface area contributed by atoms with Crippen molar-refractivity contribution in [1.29, 1.82) is 0 Å². The highest BCUT2D eigenvalue weighted by molar-refractivity contribution is 7.98. The van der Waals surface area contributed by atoms with Crippen LogP contribution < -0.4 is 10.2 Å². The van der Waals surface area contributed by atoms with Gasteiger partial charge in [0.25, 0.3) is 0 Å². The van der Waals surface area contributed by atoms with Gasteiger partial charge in [-0.25, -0.2) is 4.79 Å². The molecule has 0 saturated carbocycles. The van der Waals surface area contributed by atoms with E-state index in [9.17, 15) is 14.7 Å². The lowest BCUT2D eigenvalue weighted by atomic mass is 10.2. The fourth-order valence-electron chi connectivity index (χ4n) is 1.83. The highest BCUT2D eigenvalue weighted by atomic mass is 32.2. The van der Waals surface area contributed by atoms with Crippen LogP contribution in [0, 0.1) is 0 Å². The summed E-state index contributed by atoms with van der Waals surface area (Å²) >= 11 is 1.48. The van der Waals surface area contributed by atoms with Crippen molar-refractivity contribution in [3.63, 3.8) is 0 Å². The van der Waals surface area contributed by atoms with Crippen LogP contribution in [-0.4, -0.2) is 40.9 Å². The normalized spacial score (nSPS) is 12.3. The number of hydrogen-bond acceptors (Lipinski definition) is 6. The summed E-state index contributed by atoms with van der Waals surface area (Å²) in [5.41, 5.74) is -0.361. The molecule has 0 spiro atoms. The minimum absolute atomic E-state index is 0.0417. The fraction of sp³-hybridized carbons (Fsp3) is 0.286. The van der Waals surface area contributed by atoms with Gasteiger partial charge in [-0.3, -0.25) is 4.79 Å². The number of hydrogen-bond donors (Lipinski definition) is 2. The average molecular weight is 310 g/mol. The molecule has 0 saturated heterocycles. The van der Waals surface area contributed by atoms with Crippen molar-refractivity contribution >= 4 is 28.7 Å². The summed E-state index contributed by atoms with van der Waals surface area (Å²) in [5.74, 6) is -0.955. The van der Waals surface area contributed by atoms with Crippen LogP contribution >= 0.6 is 11.8 Å². The first-order valence-electron chi connectivity index (χ1n) is 6.13. The van der Waals surface area contributed by atoms with Gasteiger partial charge in [-0.15, -0.1) is 0 Å². The van der Waals surface area contributed by atoms with Crippen molar-refractivity contribution in [2.45, 2.75) is 6.10 Å². The second-order valence-electron chi connectivity index (χ2n) is 4.33. The molecule has 2 aromatic rings. The van der Waals surface area contributed by atoms with Crippen molar-refractivity contribution in [3.8, 4) is 5.75 Å². The van der Waals surface area contributed by atoms with Crippen LogP contribution in [0.25, 0.3) is 11.0 Å². The number of thioether (sulfide) groups is 1. The summed E-state index contributed by atoms with van der Waals surface area (Å²) in [6.45, 7) is 0.0417. The molecule has 1 aromatic carbocycles. The van der Waals surface area contributed by atoms with Crippen LogP contribution in [0.5, 0.6) is 5.75 Å². The van der Waals surface area contributed by atoms with Gasteiger partial charge < -0.3 is 19.4 Å². The smallest absolute Gasteiger partial charge is 0.371 e. The van der Waals surface area contributed by atoms with Crippen molar-refractivity contribution in [3.05, 3.63) is 40.2 Å². The molecule has 6 nitrogen and oxygen atoms in total. The Bertz CT molecular complexity index is 708. The molecule has 0 bridgehead atoms. The Morgan fingerprint density at radius 2 is 2.24 bits per heavy atom. The maximum atomic E-state index is 12.0. The van der Waals surface area contributed by atoms with E-state index in [1.807, 2.05) is 6.26 Å². The molecule has 21 heavy (non-hydrogen) atoms. The van der Waals surface area contributed by atoms with Gasteiger partial charge in [-0.05, 0) is 18.4 Å². The molecule has 1 aromatic heterocycles. The molecule has 0 amide bonds. The van der Waals surface area contributed by atoms with E-state index in [0.717, 1.165) is 6.07 Å². The Labute approximate surface area is 124 Å². The van der Waals surface area contributed by atoms with Gasteiger partial charge in [0, 0.05) is 11.8 Å². The molecule has 0 aliphatic carbocycles. The molecule has 1 atom stereocenters. The highest BCUT2D eigenvalue weighted by Gasteiger charge is 2.14. The minimum Gasteiger partial charge on any atom is -0.490 e. The number of benzene rings is 1. The number of carboxylic acid groups (broad SMARTS) is 1. The van der Waals surface area contributed by atoms with Crippen molar-refractivity contribution in [2.75, 3.05) is 18.6 Å². The van der Waals surface area contributed by atoms with E-state index in [1.54, 1.807) is 12.1 Å². The van der Waals surface area contributed by atoms with Crippen molar-refractivity contribution < 1.29 is 24.2 Å². The molecule has 0 radical (unpaired) electrons. The van der Waals surface area contributed by atoms with E-state index in [-0.39, 0.29) is 23.3 Å². The Balaban J connectivity index is 2.37. The Kier molecular flexibility index (Phi) is 4.87. The van der Waals surface area contributed by atoms with Crippen LogP contribution in [0.2, 0.25) is 0 Å². The monoisotopic (exact) mass is 310 g/mol. The SMILES string of the molecule is CSCC(O)COc1cccc2oc(C(=O)O)cc(=O)c12. The number of aliphatic hydroxyl groups is 1. The van der Waals surface area contributed by atoms with Gasteiger partial charge in [0.2, 0.25) is 5.76 Å². The average Bonchev–Trinajstić information content (AvgIpc) is 2.44. The third-order valence-electron chi connectivity index (χ3n) is 2.72. The zero-order valence-electron chi connectivity index (χ0n) is 11.2. The number of rotatable bonds is 6. The first-order chi connectivity index (χ1) is 10.0. The predicted molar refractivity (Wildman–Crippen MR) is 79.3 cm³/mol. The molecule has 2 rings (SSSR count). The lowest BCUT2D eigenvalue weighted by Crippen LogP contribution is -2.20. The van der Waals surface area contributed by atoms with Gasteiger partial charge >= 0.3 is 5.97 Å². The number of aliphatic hydroxyl groups excluding tert-OH is 1. The van der Waals surface area contributed by atoms with Crippen LogP contribution in [-0.2, 0) is 0 Å². The summed E-state index contributed by atoms with van der Waals surface area (Å²) in [5, 5.41) is 18.7. The molecule has 7 heteroatoms. The second kappa shape index (κ2) is 6.64. The first-order valence-corrected chi connectivity index (χ1v) is 7.52. The van der Waals surface area contributed by atoms with Gasteiger partial charge in [0.05, 0.1) is 6.10 Å². The summed E-state index contributed by atoms with van der Waals surface area (Å²) in [6.07, 6.45) is 1.21. The molecule has 112 valence electrons. The summed E-state index contributed by atoms with van der Waals surface area (Å²) in [7, 11) is 0. The maximum absolute atomic E-state index is 12.0. The zero-order valence-corrected chi connectivity index (χ0v) is 12.1. The second-order valence-corrected chi connectivity index (χ2v) is 5.24. The van der Waals surface area contributed by atoms with Crippen LogP contribution in [0.3, 0.4) is 0 Å². The molecule has 1 unspecified atom stereocenters. The van der Waals surface area contributed by atoms with Crippen molar-refractivity contribution in [1.82, 2.24) is 0 Å². The van der Waals surface area contributed by atoms with E-state index < -0.39 is 23.3 Å². The van der Waals surface area contributed by atoms with Gasteiger partial charge in [-0.2, -0.15) is 11.8 Å². The number of ether oxygens (including phenoxy) is 1. The lowest BCUT2D eigenvalue weighted by molar-refractivity contribution is 0.0663. The zero-order chi connectivity index (χ0) is 15.4. The van der Waals surface area contributed by atoms with E-state index in [4.69, 9.17) is 14.3 Å². The van der Waals surface area contributed by atoms with Crippen LogP contribution in [0.15, 0.2) is 33.5 Å².